The van der Waals surface area contributed by atoms with Crippen LogP contribution in [0.15, 0.2) is 0 Å². The maximum Gasteiger partial charge on any atom is 0.358 e. The van der Waals surface area contributed by atoms with Gasteiger partial charge in [-0.25, -0.2) is 9.48 Å². The molecule has 1 rings (SSSR count). The van der Waals surface area contributed by atoms with Crippen LogP contribution in [-0.4, -0.2) is 26.1 Å². The molecule has 1 N–H and O–H groups in total. The van der Waals surface area contributed by atoms with Crippen LogP contribution >= 0.6 is 0 Å². The first-order valence-electron chi connectivity index (χ1n) is 5.75. The van der Waals surface area contributed by atoms with Crippen LogP contribution in [0.2, 0.25) is 0 Å². The lowest BCUT2D eigenvalue weighted by molar-refractivity contribution is 0.0689. The van der Waals surface area contributed by atoms with E-state index >= 15 is 0 Å². The van der Waals surface area contributed by atoms with Gasteiger partial charge in [-0.1, -0.05) is 38.8 Å². The predicted molar refractivity (Wildman–Crippen MR) is 60.4 cm³/mol. The molecule has 0 fully saturated rings. The van der Waals surface area contributed by atoms with E-state index in [2.05, 4.69) is 24.2 Å². The van der Waals surface area contributed by atoms with Crippen molar-refractivity contribution in [1.29, 1.82) is 0 Å². The molecule has 16 heavy (non-hydrogen) atoms. The predicted octanol–water partition coefficient (Wildman–Crippen LogP) is 1.97. The number of carboxylic acid groups (broad SMARTS) is 1. The van der Waals surface area contributed by atoms with Gasteiger partial charge in [-0.3, -0.25) is 0 Å². The minimum Gasteiger partial charge on any atom is -0.476 e. The zero-order valence-corrected chi connectivity index (χ0v) is 10.1. The van der Waals surface area contributed by atoms with E-state index in [1.807, 2.05) is 6.92 Å². The second-order valence-corrected chi connectivity index (χ2v) is 4.14. The Hall–Kier alpha value is -1.39. The van der Waals surface area contributed by atoms with Crippen molar-refractivity contribution in [3.05, 3.63) is 11.4 Å². The van der Waals surface area contributed by atoms with E-state index in [4.69, 9.17) is 5.11 Å². The second-order valence-electron chi connectivity index (χ2n) is 4.14. The number of carboxylic acids is 1. The summed E-state index contributed by atoms with van der Waals surface area (Å²) in [4.78, 5) is 10.9. The van der Waals surface area contributed by atoms with Gasteiger partial charge in [0.1, 0.15) is 0 Å². The minimum absolute atomic E-state index is 0.102. The van der Waals surface area contributed by atoms with E-state index in [0.717, 1.165) is 25.1 Å². The maximum atomic E-state index is 10.9. The fourth-order valence-electron chi connectivity index (χ4n) is 1.55. The van der Waals surface area contributed by atoms with Gasteiger partial charge < -0.3 is 5.11 Å². The first-order valence-corrected chi connectivity index (χ1v) is 5.75. The van der Waals surface area contributed by atoms with Gasteiger partial charge in [0.05, 0.1) is 5.69 Å². The second kappa shape index (κ2) is 5.63. The van der Waals surface area contributed by atoms with Crippen molar-refractivity contribution in [3.63, 3.8) is 0 Å². The third-order valence-electron chi connectivity index (χ3n) is 2.71. The smallest absolute Gasteiger partial charge is 0.358 e. The van der Waals surface area contributed by atoms with E-state index < -0.39 is 5.97 Å². The van der Waals surface area contributed by atoms with E-state index in [9.17, 15) is 4.79 Å². The first-order chi connectivity index (χ1) is 7.60. The Morgan fingerprint density at radius 3 is 2.69 bits per heavy atom. The third kappa shape index (κ3) is 2.81. The highest BCUT2D eigenvalue weighted by Crippen LogP contribution is 2.12. The highest BCUT2D eigenvalue weighted by atomic mass is 16.4. The maximum absolute atomic E-state index is 10.9. The number of hydrogen-bond acceptors (Lipinski definition) is 3. The average Bonchev–Trinajstić information content (AvgIpc) is 2.62. The lowest BCUT2D eigenvalue weighted by Crippen LogP contribution is -2.13. The molecule has 0 aliphatic carbocycles. The number of hydrogen-bond donors (Lipinski definition) is 1. The quantitative estimate of drug-likeness (QED) is 0.803. The van der Waals surface area contributed by atoms with Gasteiger partial charge in [0, 0.05) is 6.54 Å². The summed E-state index contributed by atoms with van der Waals surface area (Å²) >= 11 is 0. The van der Waals surface area contributed by atoms with Crippen LogP contribution in [0.1, 0.15) is 49.8 Å². The molecule has 0 radical (unpaired) electrons. The normalized spacial score (nSPS) is 12.7. The van der Waals surface area contributed by atoms with Crippen LogP contribution in [0.3, 0.4) is 0 Å². The molecule has 0 aromatic carbocycles. The van der Waals surface area contributed by atoms with Crippen LogP contribution in [-0.2, 0) is 13.0 Å². The fourth-order valence-corrected chi connectivity index (χ4v) is 1.55. The van der Waals surface area contributed by atoms with E-state index in [-0.39, 0.29) is 5.69 Å². The Balaban J connectivity index is 2.95. The van der Waals surface area contributed by atoms with Crippen molar-refractivity contribution in [1.82, 2.24) is 15.0 Å². The molecule has 0 aliphatic rings. The lowest BCUT2D eigenvalue weighted by Gasteiger charge is -2.10. The summed E-state index contributed by atoms with van der Waals surface area (Å²) in [5, 5.41) is 16.6. The Labute approximate surface area is 95.5 Å². The summed E-state index contributed by atoms with van der Waals surface area (Å²) in [5.74, 6) is -0.502. The van der Waals surface area contributed by atoms with Gasteiger partial charge in [0.25, 0.3) is 0 Å². The fraction of sp³-hybridized carbons (Fsp3) is 0.727. The summed E-state index contributed by atoms with van der Waals surface area (Å²) in [6.07, 6.45) is 2.66. The van der Waals surface area contributed by atoms with E-state index in [0.29, 0.717) is 12.3 Å². The van der Waals surface area contributed by atoms with Crippen LogP contribution in [0.5, 0.6) is 0 Å². The Morgan fingerprint density at radius 2 is 2.19 bits per heavy atom. The zero-order chi connectivity index (χ0) is 12.1. The molecule has 0 spiro atoms. The van der Waals surface area contributed by atoms with Gasteiger partial charge in [-0.15, -0.1) is 5.10 Å². The van der Waals surface area contributed by atoms with Crippen molar-refractivity contribution in [2.75, 3.05) is 0 Å². The Bertz CT molecular complexity index is 360. The van der Waals surface area contributed by atoms with Crippen molar-refractivity contribution >= 4 is 5.97 Å². The molecule has 0 bridgehead atoms. The largest absolute Gasteiger partial charge is 0.476 e. The molecule has 0 saturated carbocycles. The van der Waals surface area contributed by atoms with Gasteiger partial charge in [0.15, 0.2) is 5.69 Å². The molecule has 0 saturated heterocycles. The number of nitrogens with zero attached hydrogens (tertiary/aromatic N) is 3. The molecule has 1 aromatic rings. The lowest BCUT2D eigenvalue weighted by atomic mass is 10.1. The van der Waals surface area contributed by atoms with Crippen LogP contribution in [0.25, 0.3) is 0 Å². The van der Waals surface area contributed by atoms with Crippen LogP contribution in [0, 0.1) is 5.92 Å². The molecular formula is C11H19N3O2. The molecular weight excluding hydrogens is 206 g/mol. The third-order valence-corrected chi connectivity index (χ3v) is 2.71. The molecule has 1 atom stereocenters. The van der Waals surface area contributed by atoms with Crippen LogP contribution < -0.4 is 0 Å². The molecule has 1 heterocycles. The number of rotatable bonds is 6. The van der Waals surface area contributed by atoms with E-state index in [1.165, 1.54) is 0 Å². The molecule has 5 nitrogen and oxygen atoms in total. The van der Waals surface area contributed by atoms with Crippen molar-refractivity contribution < 1.29 is 9.90 Å². The van der Waals surface area contributed by atoms with E-state index in [1.54, 1.807) is 4.68 Å². The Morgan fingerprint density at radius 1 is 1.50 bits per heavy atom. The highest BCUT2D eigenvalue weighted by molar-refractivity contribution is 5.86. The summed E-state index contributed by atoms with van der Waals surface area (Å²) in [6, 6.07) is 0. The number of aromatic carboxylic acids is 1. The van der Waals surface area contributed by atoms with Gasteiger partial charge in [-0.05, 0) is 12.3 Å². The number of carbonyl (C=O) groups is 1. The molecule has 5 heteroatoms. The SMILES string of the molecule is CCCc1c(C(=O)O)nnn1CC(C)CC. The molecule has 0 aliphatic heterocycles. The van der Waals surface area contributed by atoms with Crippen molar-refractivity contribution in [2.45, 2.75) is 46.6 Å². The Kier molecular flexibility index (Phi) is 4.46. The van der Waals surface area contributed by atoms with Crippen molar-refractivity contribution in [2.24, 2.45) is 5.92 Å². The molecule has 0 amide bonds. The summed E-state index contributed by atoms with van der Waals surface area (Å²) in [5.41, 5.74) is 0.848. The summed E-state index contributed by atoms with van der Waals surface area (Å²) < 4.78 is 1.74. The van der Waals surface area contributed by atoms with Crippen molar-refractivity contribution in [3.8, 4) is 0 Å². The van der Waals surface area contributed by atoms with Gasteiger partial charge >= 0.3 is 5.97 Å². The minimum atomic E-state index is -0.987. The first kappa shape index (κ1) is 12.7. The van der Waals surface area contributed by atoms with Crippen LogP contribution in [0.4, 0.5) is 0 Å². The number of aromatic nitrogens is 3. The molecule has 90 valence electrons. The average molecular weight is 225 g/mol. The summed E-state index contributed by atoms with van der Waals surface area (Å²) in [6.45, 7) is 7.00. The monoisotopic (exact) mass is 225 g/mol. The zero-order valence-electron chi connectivity index (χ0n) is 10.1. The highest BCUT2D eigenvalue weighted by Gasteiger charge is 2.18. The summed E-state index contributed by atoms with van der Waals surface area (Å²) in [7, 11) is 0. The topological polar surface area (TPSA) is 68.0 Å². The van der Waals surface area contributed by atoms with Gasteiger partial charge in [-0.2, -0.15) is 0 Å². The molecule has 1 unspecified atom stereocenters. The standard InChI is InChI=1S/C11H19N3O2/c1-4-6-9-10(11(15)16)12-13-14(9)7-8(3)5-2/h8H,4-7H2,1-3H3,(H,15,16). The molecule has 1 aromatic heterocycles. The van der Waals surface area contributed by atoms with Gasteiger partial charge in [0.2, 0.25) is 0 Å².